The number of piperidine rings is 1. The second-order valence-corrected chi connectivity index (χ2v) is 8.11. The van der Waals surface area contributed by atoms with E-state index in [0.29, 0.717) is 18.8 Å². The SMILES string of the molecule is C=C(C(=O)N(CC)CCO)N1CCC(Oc2ccccc2C(C)(C)C)CC1. The van der Waals surface area contributed by atoms with Crippen molar-refractivity contribution >= 4 is 5.91 Å². The molecule has 27 heavy (non-hydrogen) atoms. The zero-order valence-electron chi connectivity index (χ0n) is 17.2. The van der Waals surface area contributed by atoms with Crippen molar-refractivity contribution in [3.05, 3.63) is 42.1 Å². The summed E-state index contributed by atoms with van der Waals surface area (Å²) in [5.41, 5.74) is 1.77. The van der Waals surface area contributed by atoms with Gasteiger partial charge in [0.2, 0.25) is 0 Å². The summed E-state index contributed by atoms with van der Waals surface area (Å²) in [6.07, 6.45) is 1.86. The lowest BCUT2D eigenvalue weighted by atomic mass is 9.86. The number of rotatable bonds is 7. The number of carbonyl (C=O) groups excluding carboxylic acids is 1. The summed E-state index contributed by atoms with van der Waals surface area (Å²) in [5, 5.41) is 9.11. The summed E-state index contributed by atoms with van der Waals surface area (Å²) in [6.45, 7) is 14.9. The highest BCUT2D eigenvalue weighted by Crippen LogP contribution is 2.32. The molecule has 0 aromatic heterocycles. The predicted octanol–water partition coefficient (Wildman–Crippen LogP) is 3.18. The number of carbonyl (C=O) groups is 1. The van der Waals surface area contributed by atoms with Gasteiger partial charge in [0.1, 0.15) is 11.9 Å². The second-order valence-electron chi connectivity index (χ2n) is 8.11. The number of amides is 1. The Morgan fingerprint density at radius 2 is 1.93 bits per heavy atom. The summed E-state index contributed by atoms with van der Waals surface area (Å²) in [6, 6.07) is 8.24. The van der Waals surface area contributed by atoms with Gasteiger partial charge in [-0.1, -0.05) is 45.5 Å². The van der Waals surface area contributed by atoms with Crippen molar-refractivity contribution in [3.63, 3.8) is 0 Å². The number of hydrogen-bond donors (Lipinski definition) is 1. The Hall–Kier alpha value is -2.01. The quantitative estimate of drug-likeness (QED) is 0.745. The van der Waals surface area contributed by atoms with Gasteiger partial charge in [0.25, 0.3) is 5.91 Å². The number of likely N-dealkylation sites (tertiary alicyclic amines) is 1. The monoisotopic (exact) mass is 374 g/mol. The first-order valence-electron chi connectivity index (χ1n) is 9.88. The van der Waals surface area contributed by atoms with E-state index in [0.717, 1.165) is 31.7 Å². The van der Waals surface area contributed by atoms with Gasteiger partial charge in [-0.15, -0.1) is 0 Å². The summed E-state index contributed by atoms with van der Waals surface area (Å²) >= 11 is 0. The molecule has 1 amide bonds. The van der Waals surface area contributed by atoms with Crippen molar-refractivity contribution in [1.82, 2.24) is 9.80 Å². The number of aliphatic hydroxyl groups excluding tert-OH is 1. The van der Waals surface area contributed by atoms with E-state index in [1.165, 1.54) is 5.56 Å². The minimum absolute atomic E-state index is 0.0318. The number of ether oxygens (including phenoxy) is 1. The molecule has 0 saturated carbocycles. The standard InChI is InChI=1S/C22H34N2O3/c1-6-23(15-16-25)21(26)17(2)24-13-11-18(12-14-24)27-20-10-8-7-9-19(20)22(3,4)5/h7-10,18,25H,2,6,11-16H2,1,3-5H3. The fourth-order valence-corrected chi connectivity index (χ4v) is 3.45. The molecular weight excluding hydrogens is 340 g/mol. The van der Waals surface area contributed by atoms with Crippen molar-refractivity contribution in [3.8, 4) is 5.75 Å². The van der Waals surface area contributed by atoms with E-state index in [1.54, 1.807) is 4.90 Å². The molecule has 150 valence electrons. The van der Waals surface area contributed by atoms with Gasteiger partial charge in [0, 0.05) is 39.0 Å². The zero-order valence-corrected chi connectivity index (χ0v) is 17.2. The van der Waals surface area contributed by atoms with Crippen LogP contribution in [0, 0.1) is 0 Å². The fraction of sp³-hybridized carbons (Fsp3) is 0.591. The van der Waals surface area contributed by atoms with Crippen LogP contribution in [-0.2, 0) is 10.2 Å². The second kappa shape index (κ2) is 9.27. The highest BCUT2D eigenvalue weighted by molar-refractivity contribution is 5.92. The molecule has 1 heterocycles. The fourth-order valence-electron chi connectivity index (χ4n) is 3.45. The Bertz CT molecular complexity index is 643. The Morgan fingerprint density at radius 1 is 1.30 bits per heavy atom. The summed E-state index contributed by atoms with van der Waals surface area (Å²) < 4.78 is 6.32. The third-order valence-corrected chi connectivity index (χ3v) is 5.10. The van der Waals surface area contributed by atoms with Crippen molar-refractivity contribution in [2.75, 3.05) is 32.8 Å². The molecule has 5 nitrogen and oxygen atoms in total. The molecular formula is C22H34N2O3. The molecule has 0 atom stereocenters. The Balaban J connectivity index is 1.94. The molecule has 1 saturated heterocycles. The average Bonchev–Trinajstić information content (AvgIpc) is 2.65. The third kappa shape index (κ3) is 5.48. The van der Waals surface area contributed by atoms with Gasteiger partial charge in [0.15, 0.2) is 0 Å². The van der Waals surface area contributed by atoms with E-state index >= 15 is 0 Å². The molecule has 5 heteroatoms. The van der Waals surface area contributed by atoms with E-state index in [4.69, 9.17) is 9.84 Å². The molecule has 1 aromatic rings. The first-order chi connectivity index (χ1) is 12.8. The van der Waals surface area contributed by atoms with E-state index in [-0.39, 0.29) is 24.0 Å². The van der Waals surface area contributed by atoms with Gasteiger partial charge in [-0.25, -0.2) is 0 Å². The lowest BCUT2D eigenvalue weighted by molar-refractivity contribution is -0.129. The van der Waals surface area contributed by atoms with Crippen LogP contribution in [0.2, 0.25) is 0 Å². The highest BCUT2D eigenvalue weighted by Gasteiger charge is 2.27. The molecule has 0 aliphatic carbocycles. The van der Waals surface area contributed by atoms with Crippen LogP contribution in [0.5, 0.6) is 5.75 Å². The molecule has 0 radical (unpaired) electrons. The van der Waals surface area contributed by atoms with Gasteiger partial charge in [-0.05, 0) is 24.0 Å². The van der Waals surface area contributed by atoms with E-state index in [2.05, 4.69) is 39.5 Å². The number of para-hydroxylation sites is 1. The lowest BCUT2D eigenvalue weighted by Crippen LogP contribution is -2.44. The van der Waals surface area contributed by atoms with Crippen LogP contribution >= 0.6 is 0 Å². The molecule has 2 rings (SSSR count). The maximum atomic E-state index is 12.5. The largest absolute Gasteiger partial charge is 0.490 e. The van der Waals surface area contributed by atoms with Crippen LogP contribution in [0.25, 0.3) is 0 Å². The summed E-state index contributed by atoms with van der Waals surface area (Å²) in [4.78, 5) is 16.2. The maximum Gasteiger partial charge on any atom is 0.269 e. The lowest BCUT2D eigenvalue weighted by Gasteiger charge is -2.36. The normalized spacial score (nSPS) is 15.5. The molecule has 1 N–H and O–H groups in total. The summed E-state index contributed by atoms with van der Waals surface area (Å²) in [5.74, 6) is 0.863. The van der Waals surface area contributed by atoms with E-state index in [1.807, 2.05) is 24.0 Å². The Morgan fingerprint density at radius 3 is 2.48 bits per heavy atom. The van der Waals surface area contributed by atoms with Crippen LogP contribution in [0.3, 0.4) is 0 Å². The minimum atomic E-state index is -0.0935. The number of benzene rings is 1. The van der Waals surface area contributed by atoms with E-state index < -0.39 is 0 Å². The molecule has 0 unspecified atom stereocenters. The van der Waals surface area contributed by atoms with E-state index in [9.17, 15) is 4.79 Å². The van der Waals surface area contributed by atoms with Gasteiger partial charge >= 0.3 is 0 Å². The van der Waals surface area contributed by atoms with Gasteiger partial charge < -0.3 is 19.6 Å². The van der Waals surface area contributed by atoms with Crippen LogP contribution in [0.15, 0.2) is 36.5 Å². The number of aliphatic hydroxyl groups is 1. The van der Waals surface area contributed by atoms with Gasteiger partial charge in [-0.3, -0.25) is 4.79 Å². The molecule has 1 aromatic carbocycles. The molecule has 1 aliphatic heterocycles. The van der Waals surface area contributed by atoms with Crippen molar-refractivity contribution in [1.29, 1.82) is 0 Å². The zero-order chi connectivity index (χ0) is 20.0. The molecule has 1 fully saturated rings. The van der Waals surface area contributed by atoms with Gasteiger partial charge in [-0.2, -0.15) is 0 Å². The van der Waals surface area contributed by atoms with Crippen LogP contribution in [0.1, 0.15) is 46.1 Å². The van der Waals surface area contributed by atoms with Crippen molar-refractivity contribution in [2.45, 2.75) is 52.1 Å². The number of hydrogen-bond acceptors (Lipinski definition) is 4. The number of likely N-dealkylation sites (N-methyl/N-ethyl adjacent to an activating group) is 1. The van der Waals surface area contributed by atoms with Crippen LogP contribution < -0.4 is 4.74 Å². The van der Waals surface area contributed by atoms with Crippen molar-refractivity contribution < 1.29 is 14.6 Å². The predicted molar refractivity (Wildman–Crippen MR) is 109 cm³/mol. The number of nitrogens with zero attached hydrogens (tertiary/aromatic N) is 2. The van der Waals surface area contributed by atoms with Crippen molar-refractivity contribution in [2.24, 2.45) is 0 Å². The molecule has 0 spiro atoms. The molecule has 1 aliphatic rings. The van der Waals surface area contributed by atoms with Gasteiger partial charge in [0.05, 0.1) is 12.3 Å². The minimum Gasteiger partial charge on any atom is -0.490 e. The average molecular weight is 375 g/mol. The third-order valence-electron chi connectivity index (χ3n) is 5.10. The topological polar surface area (TPSA) is 53.0 Å². The Labute approximate surface area is 163 Å². The van der Waals surface area contributed by atoms with Crippen LogP contribution in [0.4, 0.5) is 0 Å². The first-order valence-corrected chi connectivity index (χ1v) is 9.88. The highest BCUT2D eigenvalue weighted by atomic mass is 16.5. The van der Waals surface area contributed by atoms with Crippen LogP contribution in [-0.4, -0.2) is 59.7 Å². The Kier molecular flexibility index (Phi) is 7.31. The maximum absolute atomic E-state index is 12.5. The summed E-state index contributed by atoms with van der Waals surface area (Å²) in [7, 11) is 0. The smallest absolute Gasteiger partial charge is 0.269 e. The molecule has 0 bridgehead atoms. The first kappa shape index (κ1) is 21.3.